The van der Waals surface area contributed by atoms with Crippen molar-refractivity contribution in [3.05, 3.63) is 35.9 Å². The van der Waals surface area contributed by atoms with Crippen molar-refractivity contribution < 1.29 is 9.90 Å². The Labute approximate surface area is 108 Å². The molecule has 1 aromatic carbocycles. The van der Waals surface area contributed by atoms with Crippen LogP contribution in [0.15, 0.2) is 30.3 Å². The van der Waals surface area contributed by atoms with E-state index in [0.717, 1.165) is 19.3 Å². The molecule has 18 heavy (non-hydrogen) atoms. The molecule has 0 amide bonds. The van der Waals surface area contributed by atoms with E-state index in [1.54, 1.807) is 0 Å². The number of carboxylic acid groups (broad SMARTS) is 1. The van der Waals surface area contributed by atoms with Crippen molar-refractivity contribution in [2.45, 2.75) is 31.2 Å². The molecule has 98 valence electrons. The Bertz CT molecular complexity index is 402. The van der Waals surface area contributed by atoms with Crippen molar-refractivity contribution >= 4 is 5.97 Å². The van der Waals surface area contributed by atoms with E-state index in [2.05, 4.69) is 29.2 Å². The predicted octanol–water partition coefficient (Wildman–Crippen LogP) is 2.59. The molecule has 1 aromatic rings. The van der Waals surface area contributed by atoms with E-state index in [4.69, 9.17) is 0 Å². The van der Waals surface area contributed by atoms with E-state index in [1.807, 2.05) is 20.2 Å². The van der Waals surface area contributed by atoms with Crippen LogP contribution in [-0.4, -0.2) is 36.1 Å². The normalized spacial score (nSPS) is 28.3. The zero-order valence-corrected chi connectivity index (χ0v) is 11.0. The summed E-state index contributed by atoms with van der Waals surface area (Å²) in [4.78, 5) is 13.3. The highest BCUT2D eigenvalue weighted by Gasteiger charge is 2.36. The predicted molar refractivity (Wildman–Crippen MR) is 71.6 cm³/mol. The molecule has 1 saturated carbocycles. The number of benzene rings is 1. The third-order valence-electron chi connectivity index (χ3n) is 4.07. The first-order valence-corrected chi connectivity index (χ1v) is 6.53. The topological polar surface area (TPSA) is 40.5 Å². The molecule has 1 fully saturated rings. The molecule has 0 saturated heterocycles. The van der Waals surface area contributed by atoms with Gasteiger partial charge < -0.3 is 10.0 Å². The lowest BCUT2D eigenvalue weighted by Gasteiger charge is -2.38. The summed E-state index contributed by atoms with van der Waals surface area (Å²) in [5.41, 5.74) is 1.34. The highest BCUT2D eigenvalue weighted by atomic mass is 16.4. The first-order chi connectivity index (χ1) is 8.59. The zero-order valence-electron chi connectivity index (χ0n) is 11.0. The molecular weight excluding hydrogens is 226 g/mol. The Hall–Kier alpha value is -1.35. The van der Waals surface area contributed by atoms with Gasteiger partial charge in [0.2, 0.25) is 0 Å². The largest absolute Gasteiger partial charge is 0.481 e. The Morgan fingerprint density at radius 3 is 2.44 bits per heavy atom. The summed E-state index contributed by atoms with van der Waals surface area (Å²) in [6, 6.07) is 10.6. The molecular formula is C15H21NO2. The highest BCUT2D eigenvalue weighted by molar-refractivity contribution is 5.71. The summed E-state index contributed by atoms with van der Waals surface area (Å²) < 4.78 is 0. The lowest BCUT2D eigenvalue weighted by molar-refractivity contribution is -0.145. The van der Waals surface area contributed by atoms with Crippen LogP contribution >= 0.6 is 0 Å². The summed E-state index contributed by atoms with van der Waals surface area (Å²) in [6.45, 7) is 0. The molecule has 0 aromatic heterocycles. The maximum Gasteiger partial charge on any atom is 0.308 e. The molecule has 1 aliphatic rings. The number of nitrogens with zero attached hydrogens (tertiary/aromatic N) is 1. The summed E-state index contributed by atoms with van der Waals surface area (Å²) >= 11 is 0. The van der Waals surface area contributed by atoms with E-state index < -0.39 is 5.97 Å². The van der Waals surface area contributed by atoms with Gasteiger partial charge >= 0.3 is 5.97 Å². The maximum atomic E-state index is 11.3. The van der Waals surface area contributed by atoms with Gasteiger partial charge in [-0.25, -0.2) is 0 Å². The average molecular weight is 247 g/mol. The Balaban J connectivity index is 2.14. The van der Waals surface area contributed by atoms with Crippen molar-refractivity contribution in [1.29, 1.82) is 0 Å². The monoisotopic (exact) mass is 247 g/mol. The molecule has 0 aliphatic heterocycles. The van der Waals surface area contributed by atoms with Crippen molar-refractivity contribution in [3.63, 3.8) is 0 Å². The zero-order chi connectivity index (χ0) is 13.1. The van der Waals surface area contributed by atoms with Gasteiger partial charge in [-0.3, -0.25) is 4.79 Å². The van der Waals surface area contributed by atoms with E-state index >= 15 is 0 Å². The minimum absolute atomic E-state index is 0.140. The van der Waals surface area contributed by atoms with Gasteiger partial charge in [-0.2, -0.15) is 0 Å². The fourth-order valence-corrected chi connectivity index (χ4v) is 3.03. The number of hydrogen-bond acceptors (Lipinski definition) is 2. The van der Waals surface area contributed by atoms with Crippen LogP contribution in [0, 0.1) is 5.92 Å². The van der Waals surface area contributed by atoms with E-state index in [0.29, 0.717) is 5.92 Å². The van der Waals surface area contributed by atoms with Crippen molar-refractivity contribution in [3.8, 4) is 0 Å². The van der Waals surface area contributed by atoms with Crippen LogP contribution in [0.25, 0.3) is 0 Å². The molecule has 0 heterocycles. The van der Waals surface area contributed by atoms with Crippen LogP contribution in [0.2, 0.25) is 0 Å². The molecule has 0 radical (unpaired) electrons. The molecule has 3 heteroatoms. The molecule has 3 nitrogen and oxygen atoms in total. The smallest absolute Gasteiger partial charge is 0.308 e. The van der Waals surface area contributed by atoms with Crippen LogP contribution < -0.4 is 0 Å². The summed E-state index contributed by atoms with van der Waals surface area (Å²) in [6.07, 6.45) is 2.69. The minimum Gasteiger partial charge on any atom is -0.481 e. The second-order valence-electron chi connectivity index (χ2n) is 5.40. The summed E-state index contributed by atoms with van der Waals surface area (Å²) in [5, 5.41) is 9.29. The van der Waals surface area contributed by atoms with E-state index in [9.17, 15) is 9.90 Å². The molecule has 1 aliphatic carbocycles. The van der Waals surface area contributed by atoms with Gasteiger partial charge in [0.05, 0.1) is 5.92 Å². The highest BCUT2D eigenvalue weighted by Crippen LogP contribution is 2.37. The number of hydrogen-bond donors (Lipinski definition) is 1. The lowest BCUT2D eigenvalue weighted by Crippen LogP contribution is -2.43. The van der Waals surface area contributed by atoms with Crippen LogP contribution in [-0.2, 0) is 4.79 Å². The van der Waals surface area contributed by atoms with E-state index in [-0.39, 0.29) is 12.0 Å². The summed E-state index contributed by atoms with van der Waals surface area (Å²) in [7, 11) is 3.96. The second-order valence-corrected chi connectivity index (χ2v) is 5.40. The van der Waals surface area contributed by atoms with Crippen LogP contribution in [0.4, 0.5) is 0 Å². The number of carbonyl (C=O) groups is 1. The average Bonchev–Trinajstić information content (AvgIpc) is 2.39. The van der Waals surface area contributed by atoms with Gasteiger partial charge in [-0.05, 0) is 44.8 Å². The van der Waals surface area contributed by atoms with E-state index in [1.165, 1.54) is 5.56 Å². The fourth-order valence-electron chi connectivity index (χ4n) is 3.03. The molecule has 3 unspecified atom stereocenters. The Morgan fingerprint density at radius 2 is 1.89 bits per heavy atom. The number of rotatable bonds is 3. The van der Waals surface area contributed by atoms with Crippen LogP contribution in [0.5, 0.6) is 0 Å². The third-order valence-corrected chi connectivity index (χ3v) is 4.07. The maximum absolute atomic E-state index is 11.3. The SMILES string of the molecule is CN(C)C1CC(c2ccccc2)CCC1C(=O)O. The summed E-state index contributed by atoms with van der Waals surface area (Å²) in [5.74, 6) is -0.380. The Morgan fingerprint density at radius 1 is 1.22 bits per heavy atom. The minimum atomic E-state index is -0.653. The van der Waals surface area contributed by atoms with Gasteiger partial charge in [0, 0.05) is 6.04 Å². The Kier molecular flexibility index (Phi) is 4.02. The van der Waals surface area contributed by atoms with Crippen LogP contribution in [0.3, 0.4) is 0 Å². The third kappa shape index (κ3) is 2.72. The van der Waals surface area contributed by atoms with Gasteiger partial charge in [-0.15, -0.1) is 0 Å². The molecule has 2 rings (SSSR count). The first kappa shape index (κ1) is 13.1. The number of aliphatic carboxylic acids is 1. The molecule has 3 atom stereocenters. The van der Waals surface area contributed by atoms with Crippen molar-refractivity contribution in [1.82, 2.24) is 4.90 Å². The van der Waals surface area contributed by atoms with Gasteiger partial charge in [0.15, 0.2) is 0 Å². The van der Waals surface area contributed by atoms with Crippen LogP contribution in [0.1, 0.15) is 30.7 Å². The first-order valence-electron chi connectivity index (χ1n) is 6.53. The van der Waals surface area contributed by atoms with Crippen molar-refractivity contribution in [2.75, 3.05) is 14.1 Å². The standard InChI is InChI=1S/C15H21NO2/c1-16(2)14-10-12(8-9-13(14)15(17)18)11-6-4-3-5-7-11/h3-7,12-14H,8-10H2,1-2H3,(H,17,18). The molecule has 1 N–H and O–H groups in total. The van der Waals surface area contributed by atoms with Gasteiger partial charge in [0.25, 0.3) is 0 Å². The molecule has 0 bridgehead atoms. The molecule has 0 spiro atoms. The van der Waals surface area contributed by atoms with Gasteiger partial charge in [-0.1, -0.05) is 30.3 Å². The second kappa shape index (κ2) is 5.53. The quantitative estimate of drug-likeness (QED) is 0.892. The fraction of sp³-hybridized carbons (Fsp3) is 0.533. The number of carboxylic acids is 1. The van der Waals surface area contributed by atoms with Crippen molar-refractivity contribution in [2.24, 2.45) is 5.92 Å². The lowest BCUT2D eigenvalue weighted by atomic mass is 9.75. The van der Waals surface area contributed by atoms with Gasteiger partial charge in [0.1, 0.15) is 0 Å².